The Labute approximate surface area is 181 Å². The Hall–Kier alpha value is -3.84. The van der Waals surface area contributed by atoms with E-state index in [4.69, 9.17) is 20.8 Å². The van der Waals surface area contributed by atoms with Crippen LogP contribution < -0.4 is 15.4 Å². The van der Waals surface area contributed by atoms with E-state index in [9.17, 15) is 14.0 Å². The molecule has 1 aromatic heterocycles. The lowest BCUT2D eigenvalue weighted by molar-refractivity contribution is 0.0992. The Kier molecular flexibility index (Phi) is 5.60. The van der Waals surface area contributed by atoms with E-state index in [-0.39, 0.29) is 22.1 Å². The van der Waals surface area contributed by atoms with Crippen LogP contribution in [0.4, 0.5) is 15.8 Å². The summed E-state index contributed by atoms with van der Waals surface area (Å²) in [5.74, 6) is -1.29. The number of para-hydroxylation sites is 1. The number of ether oxygens (including phenoxy) is 1. The first kappa shape index (κ1) is 20.4. The summed E-state index contributed by atoms with van der Waals surface area (Å²) in [4.78, 5) is 25.1. The van der Waals surface area contributed by atoms with Crippen molar-refractivity contribution in [3.63, 3.8) is 0 Å². The largest absolute Gasteiger partial charge is 0.492 e. The minimum Gasteiger partial charge on any atom is -0.492 e. The standard InChI is InChI=1S/C23H16ClFN2O4/c1-30-20-16-12-15(27-22(28)13-7-9-18(25)17(24)11-13)8-10-19(16)31-21(20)23(29)26-14-5-3-2-4-6-14/h2-12H,1H3,(H,26,29)(H,27,28). The zero-order valence-corrected chi connectivity index (χ0v) is 17.0. The smallest absolute Gasteiger partial charge is 0.295 e. The third kappa shape index (κ3) is 4.22. The van der Waals surface area contributed by atoms with Crippen molar-refractivity contribution in [2.75, 3.05) is 17.7 Å². The summed E-state index contributed by atoms with van der Waals surface area (Å²) in [6.07, 6.45) is 0. The Morgan fingerprint density at radius 1 is 0.935 bits per heavy atom. The number of anilines is 2. The van der Waals surface area contributed by atoms with Crippen LogP contribution in [0.2, 0.25) is 5.02 Å². The molecule has 1 heterocycles. The number of methoxy groups -OCH3 is 1. The Morgan fingerprint density at radius 3 is 2.39 bits per heavy atom. The second kappa shape index (κ2) is 8.49. The molecule has 0 aliphatic carbocycles. The van der Waals surface area contributed by atoms with Crippen molar-refractivity contribution in [2.45, 2.75) is 0 Å². The lowest BCUT2D eigenvalue weighted by Gasteiger charge is -2.06. The van der Waals surface area contributed by atoms with Crippen molar-refractivity contribution in [1.29, 1.82) is 0 Å². The van der Waals surface area contributed by atoms with E-state index in [0.717, 1.165) is 6.07 Å². The summed E-state index contributed by atoms with van der Waals surface area (Å²) >= 11 is 5.75. The molecular formula is C23H16ClFN2O4. The number of nitrogens with one attached hydrogen (secondary N) is 2. The molecule has 0 bridgehead atoms. The van der Waals surface area contributed by atoms with Crippen LogP contribution in [0.3, 0.4) is 0 Å². The molecule has 0 saturated heterocycles. The van der Waals surface area contributed by atoms with Gasteiger partial charge in [0.25, 0.3) is 11.8 Å². The van der Waals surface area contributed by atoms with Gasteiger partial charge in [0.2, 0.25) is 5.76 Å². The zero-order valence-electron chi connectivity index (χ0n) is 16.2. The van der Waals surface area contributed by atoms with Gasteiger partial charge < -0.3 is 19.8 Å². The molecule has 0 saturated carbocycles. The van der Waals surface area contributed by atoms with Crippen molar-refractivity contribution in [2.24, 2.45) is 0 Å². The third-order valence-electron chi connectivity index (χ3n) is 4.52. The molecular weight excluding hydrogens is 423 g/mol. The minimum absolute atomic E-state index is 0.00939. The van der Waals surface area contributed by atoms with Crippen LogP contribution in [0.5, 0.6) is 5.75 Å². The fourth-order valence-electron chi connectivity index (χ4n) is 3.05. The highest BCUT2D eigenvalue weighted by Crippen LogP contribution is 2.35. The molecule has 4 aromatic rings. The van der Waals surface area contributed by atoms with Crippen molar-refractivity contribution in [3.05, 3.63) is 88.9 Å². The molecule has 2 N–H and O–H groups in total. The number of amides is 2. The highest BCUT2D eigenvalue weighted by Gasteiger charge is 2.22. The molecule has 0 fully saturated rings. The number of benzene rings is 3. The number of furan rings is 1. The van der Waals surface area contributed by atoms with Crippen molar-refractivity contribution in [3.8, 4) is 5.75 Å². The summed E-state index contributed by atoms with van der Waals surface area (Å²) in [6.45, 7) is 0. The second-order valence-electron chi connectivity index (χ2n) is 6.58. The molecule has 0 atom stereocenters. The molecule has 156 valence electrons. The number of hydrogen-bond acceptors (Lipinski definition) is 4. The van der Waals surface area contributed by atoms with Gasteiger partial charge in [-0.1, -0.05) is 29.8 Å². The molecule has 4 rings (SSSR count). The van der Waals surface area contributed by atoms with Gasteiger partial charge in [0, 0.05) is 16.9 Å². The molecule has 6 nitrogen and oxygen atoms in total. The lowest BCUT2D eigenvalue weighted by Crippen LogP contribution is -2.12. The molecule has 31 heavy (non-hydrogen) atoms. The van der Waals surface area contributed by atoms with Crippen molar-refractivity contribution in [1.82, 2.24) is 0 Å². The van der Waals surface area contributed by atoms with E-state index in [1.165, 1.54) is 19.2 Å². The Balaban J connectivity index is 1.62. The first-order valence-corrected chi connectivity index (χ1v) is 9.57. The maximum absolute atomic E-state index is 13.3. The first-order valence-electron chi connectivity index (χ1n) is 9.19. The van der Waals surface area contributed by atoms with Crippen LogP contribution in [-0.2, 0) is 0 Å². The summed E-state index contributed by atoms with van der Waals surface area (Å²) in [7, 11) is 1.43. The van der Waals surface area contributed by atoms with Gasteiger partial charge in [-0.25, -0.2) is 4.39 Å². The van der Waals surface area contributed by atoms with Gasteiger partial charge in [-0.3, -0.25) is 9.59 Å². The molecule has 3 aromatic carbocycles. The summed E-state index contributed by atoms with van der Waals surface area (Å²) in [6, 6.07) is 17.5. The summed E-state index contributed by atoms with van der Waals surface area (Å²) in [5, 5.41) is 5.82. The Bertz CT molecular complexity index is 1290. The number of rotatable bonds is 5. The third-order valence-corrected chi connectivity index (χ3v) is 4.81. The van der Waals surface area contributed by atoms with E-state index < -0.39 is 17.6 Å². The summed E-state index contributed by atoms with van der Waals surface area (Å²) < 4.78 is 24.4. The van der Waals surface area contributed by atoms with Gasteiger partial charge in [-0.2, -0.15) is 0 Å². The topological polar surface area (TPSA) is 80.6 Å². The number of halogens is 2. The summed E-state index contributed by atoms with van der Waals surface area (Å²) in [5.41, 5.74) is 1.67. The molecule has 0 spiro atoms. The highest BCUT2D eigenvalue weighted by atomic mass is 35.5. The minimum atomic E-state index is -0.607. The fraction of sp³-hybridized carbons (Fsp3) is 0.0435. The van der Waals surface area contributed by atoms with Gasteiger partial charge in [0.05, 0.1) is 17.5 Å². The number of fused-ring (bicyclic) bond motifs is 1. The molecule has 0 unspecified atom stereocenters. The van der Waals surface area contributed by atoms with E-state index in [1.54, 1.807) is 42.5 Å². The predicted molar refractivity (Wildman–Crippen MR) is 117 cm³/mol. The lowest BCUT2D eigenvalue weighted by atomic mass is 10.1. The van der Waals surface area contributed by atoms with E-state index in [2.05, 4.69) is 10.6 Å². The van der Waals surface area contributed by atoms with Crippen LogP contribution in [0, 0.1) is 5.82 Å². The second-order valence-corrected chi connectivity index (χ2v) is 6.99. The number of hydrogen-bond donors (Lipinski definition) is 2. The van der Waals surface area contributed by atoms with E-state index in [0.29, 0.717) is 22.3 Å². The monoisotopic (exact) mass is 438 g/mol. The number of carbonyl (C=O) groups is 2. The normalized spacial score (nSPS) is 10.7. The average Bonchev–Trinajstić information content (AvgIpc) is 3.14. The molecule has 8 heteroatoms. The number of carbonyl (C=O) groups excluding carboxylic acids is 2. The van der Waals surface area contributed by atoms with Gasteiger partial charge in [-0.05, 0) is 48.5 Å². The molecule has 0 aliphatic rings. The van der Waals surface area contributed by atoms with Crippen LogP contribution in [0.25, 0.3) is 11.0 Å². The van der Waals surface area contributed by atoms with Crippen LogP contribution >= 0.6 is 11.6 Å². The maximum atomic E-state index is 13.3. The molecule has 2 amide bonds. The van der Waals surface area contributed by atoms with E-state index in [1.807, 2.05) is 6.07 Å². The fourth-order valence-corrected chi connectivity index (χ4v) is 3.24. The van der Waals surface area contributed by atoms with Gasteiger partial charge in [0.15, 0.2) is 5.75 Å². The zero-order chi connectivity index (χ0) is 22.0. The van der Waals surface area contributed by atoms with Gasteiger partial charge in [0.1, 0.15) is 11.4 Å². The SMILES string of the molecule is COc1c(C(=O)Nc2ccccc2)oc2ccc(NC(=O)c3ccc(F)c(Cl)c3)cc12. The highest BCUT2D eigenvalue weighted by molar-refractivity contribution is 6.31. The van der Waals surface area contributed by atoms with Gasteiger partial charge >= 0.3 is 0 Å². The molecule has 0 aliphatic heterocycles. The van der Waals surface area contributed by atoms with E-state index >= 15 is 0 Å². The average molecular weight is 439 g/mol. The van der Waals surface area contributed by atoms with Crippen LogP contribution in [0.15, 0.2) is 71.1 Å². The van der Waals surface area contributed by atoms with Gasteiger partial charge in [-0.15, -0.1) is 0 Å². The maximum Gasteiger partial charge on any atom is 0.295 e. The molecule has 0 radical (unpaired) electrons. The van der Waals surface area contributed by atoms with Crippen LogP contribution in [0.1, 0.15) is 20.9 Å². The predicted octanol–water partition coefficient (Wildman–Crippen LogP) is 5.74. The quantitative estimate of drug-likeness (QED) is 0.416. The van der Waals surface area contributed by atoms with Crippen molar-refractivity contribution < 1.29 is 23.1 Å². The van der Waals surface area contributed by atoms with Crippen molar-refractivity contribution >= 4 is 45.8 Å². The Morgan fingerprint density at radius 2 is 1.68 bits per heavy atom. The van der Waals surface area contributed by atoms with Crippen LogP contribution in [-0.4, -0.2) is 18.9 Å². The first-order chi connectivity index (χ1) is 15.0.